The van der Waals surface area contributed by atoms with Crippen molar-refractivity contribution in [1.29, 1.82) is 0 Å². The van der Waals surface area contributed by atoms with Gasteiger partial charge in [-0.2, -0.15) is 0 Å². The average molecular weight is 256 g/mol. The van der Waals surface area contributed by atoms with Crippen LogP contribution in [0.2, 0.25) is 0 Å². The summed E-state index contributed by atoms with van der Waals surface area (Å²) in [6, 6.07) is 12.5. The molecule has 0 bridgehead atoms. The number of rotatable bonds is 3. The normalized spacial score (nSPS) is 10.2. The quantitative estimate of drug-likeness (QED) is 0.914. The van der Waals surface area contributed by atoms with Gasteiger partial charge in [0.05, 0.1) is 0 Å². The zero-order valence-electron chi connectivity index (χ0n) is 11.0. The molecular weight excluding hydrogens is 240 g/mol. The van der Waals surface area contributed by atoms with E-state index in [0.717, 1.165) is 16.9 Å². The fourth-order valence-electron chi connectivity index (χ4n) is 1.87. The first-order valence-electron chi connectivity index (χ1n) is 6.10. The average Bonchev–Trinajstić information content (AvgIpc) is 2.37. The molecule has 0 saturated heterocycles. The molecule has 1 aromatic carbocycles. The Morgan fingerprint density at radius 2 is 1.84 bits per heavy atom. The second-order valence-electron chi connectivity index (χ2n) is 4.45. The van der Waals surface area contributed by atoms with Gasteiger partial charge in [-0.15, -0.1) is 0 Å². The van der Waals surface area contributed by atoms with Crippen molar-refractivity contribution in [1.82, 2.24) is 4.57 Å². The Bertz CT molecular complexity index is 659. The van der Waals surface area contributed by atoms with Crippen LogP contribution in [0.5, 0.6) is 0 Å². The molecule has 0 aliphatic heterocycles. The Hall–Kier alpha value is -2.36. The van der Waals surface area contributed by atoms with Crippen LogP contribution < -0.4 is 10.9 Å². The molecule has 1 aromatic heterocycles. The molecule has 1 N–H and O–H groups in total. The molecule has 98 valence electrons. The van der Waals surface area contributed by atoms with E-state index in [9.17, 15) is 9.59 Å². The van der Waals surface area contributed by atoms with Crippen molar-refractivity contribution in [3.05, 3.63) is 64.1 Å². The van der Waals surface area contributed by atoms with Crippen LogP contribution in [0, 0.1) is 13.8 Å². The van der Waals surface area contributed by atoms with Crippen molar-refractivity contribution in [3.63, 3.8) is 0 Å². The maximum atomic E-state index is 12.0. The molecule has 0 spiro atoms. The van der Waals surface area contributed by atoms with Crippen LogP contribution in [0.1, 0.15) is 11.3 Å². The molecule has 4 heteroatoms. The number of hydrogen-bond donors (Lipinski definition) is 1. The zero-order valence-corrected chi connectivity index (χ0v) is 11.0. The summed E-state index contributed by atoms with van der Waals surface area (Å²) in [5.41, 5.74) is 2.37. The van der Waals surface area contributed by atoms with Gasteiger partial charge in [-0.1, -0.05) is 24.3 Å². The van der Waals surface area contributed by atoms with Crippen molar-refractivity contribution in [2.45, 2.75) is 20.4 Å². The Kier molecular flexibility index (Phi) is 3.80. The van der Waals surface area contributed by atoms with Gasteiger partial charge in [-0.3, -0.25) is 9.59 Å². The van der Waals surface area contributed by atoms with E-state index < -0.39 is 0 Å². The lowest BCUT2D eigenvalue weighted by Crippen LogP contribution is -2.28. The van der Waals surface area contributed by atoms with Crippen LogP contribution in [-0.4, -0.2) is 10.5 Å². The molecule has 0 aliphatic rings. The van der Waals surface area contributed by atoms with Gasteiger partial charge in [0.1, 0.15) is 6.54 Å². The number of carbonyl (C=O) groups is 1. The van der Waals surface area contributed by atoms with Gasteiger partial charge in [0, 0.05) is 17.4 Å². The Morgan fingerprint density at radius 3 is 2.53 bits per heavy atom. The summed E-state index contributed by atoms with van der Waals surface area (Å²) in [5.74, 6) is -0.203. The van der Waals surface area contributed by atoms with Crippen LogP contribution in [0.3, 0.4) is 0 Å². The van der Waals surface area contributed by atoms with Gasteiger partial charge in [0.25, 0.3) is 5.56 Å². The van der Waals surface area contributed by atoms with Crippen molar-refractivity contribution >= 4 is 11.6 Å². The number of hydrogen-bond acceptors (Lipinski definition) is 2. The number of para-hydroxylation sites is 1. The van der Waals surface area contributed by atoms with Crippen molar-refractivity contribution in [2.75, 3.05) is 5.32 Å². The minimum absolute atomic E-state index is 0.0276. The fourth-order valence-corrected chi connectivity index (χ4v) is 1.87. The Balaban J connectivity index is 2.15. The minimum Gasteiger partial charge on any atom is -0.324 e. The first kappa shape index (κ1) is 13.1. The Labute approximate surface area is 111 Å². The van der Waals surface area contributed by atoms with Gasteiger partial charge >= 0.3 is 0 Å². The topological polar surface area (TPSA) is 51.1 Å². The molecule has 0 atom stereocenters. The number of pyridine rings is 1. The van der Waals surface area contributed by atoms with E-state index in [2.05, 4.69) is 5.32 Å². The van der Waals surface area contributed by atoms with Gasteiger partial charge in [-0.25, -0.2) is 0 Å². The highest BCUT2D eigenvalue weighted by molar-refractivity contribution is 5.91. The first-order chi connectivity index (χ1) is 9.08. The third kappa shape index (κ3) is 3.10. The number of benzene rings is 1. The van der Waals surface area contributed by atoms with E-state index >= 15 is 0 Å². The molecule has 4 nitrogen and oxygen atoms in total. The molecular formula is C15H16N2O2. The zero-order chi connectivity index (χ0) is 13.8. The number of anilines is 1. The first-order valence-corrected chi connectivity index (χ1v) is 6.10. The summed E-state index contributed by atoms with van der Waals surface area (Å²) in [6.07, 6.45) is 0. The summed E-state index contributed by atoms with van der Waals surface area (Å²) in [7, 11) is 0. The third-order valence-corrected chi connectivity index (χ3v) is 2.99. The van der Waals surface area contributed by atoms with Crippen LogP contribution in [0.4, 0.5) is 5.69 Å². The van der Waals surface area contributed by atoms with Crippen LogP contribution >= 0.6 is 0 Å². The maximum absolute atomic E-state index is 12.0. The number of carbonyl (C=O) groups excluding carboxylic acids is 1. The summed E-state index contributed by atoms with van der Waals surface area (Å²) in [5, 5.41) is 2.81. The predicted octanol–water partition coefficient (Wildman–Crippen LogP) is 2.10. The third-order valence-electron chi connectivity index (χ3n) is 2.99. The summed E-state index contributed by atoms with van der Waals surface area (Å²) >= 11 is 0. The predicted molar refractivity (Wildman–Crippen MR) is 75.2 cm³/mol. The molecule has 0 fully saturated rings. The smallest absolute Gasteiger partial charge is 0.251 e. The largest absolute Gasteiger partial charge is 0.324 e. The number of nitrogens with one attached hydrogen (secondary N) is 1. The highest BCUT2D eigenvalue weighted by Crippen LogP contribution is 2.12. The minimum atomic E-state index is -0.203. The molecule has 0 radical (unpaired) electrons. The number of nitrogens with zero attached hydrogens (tertiary/aromatic N) is 1. The van der Waals surface area contributed by atoms with E-state index in [1.54, 1.807) is 6.07 Å². The summed E-state index contributed by atoms with van der Waals surface area (Å²) < 4.78 is 1.45. The van der Waals surface area contributed by atoms with Crippen LogP contribution in [-0.2, 0) is 11.3 Å². The Morgan fingerprint density at radius 1 is 1.11 bits per heavy atom. The second kappa shape index (κ2) is 5.52. The van der Waals surface area contributed by atoms with E-state index in [-0.39, 0.29) is 18.0 Å². The lowest BCUT2D eigenvalue weighted by Gasteiger charge is -2.11. The standard InChI is InChI=1S/C15H16N2O2/c1-11-6-3-4-8-13(11)16-14(18)10-17-12(2)7-5-9-15(17)19/h3-9H,10H2,1-2H3,(H,16,18). The molecule has 19 heavy (non-hydrogen) atoms. The number of amides is 1. The van der Waals surface area contributed by atoms with Crippen molar-refractivity contribution in [3.8, 4) is 0 Å². The van der Waals surface area contributed by atoms with Gasteiger partial charge < -0.3 is 9.88 Å². The molecule has 1 heterocycles. The van der Waals surface area contributed by atoms with Gasteiger partial charge in [0.2, 0.25) is 5.91 Å². The SMILES string of the molecule is Cc1ccccc1NC(=O)Cn1c(C)cccc1=O. The van der Waals surface area contributed by atoms with E-state index in [1.807, 2.05) is 44.2 Å². The monoisotopic (exact) mass is 256 g/mol. The van der Waals surface area contributed by atoms with Crippen LogP contribution in [0.15, 0.2) is 47.3 Å². The molecule has 0 saturated carbocycles. The summed E-state index contributed by atoms with van der Waals surface area (Å²) in [6.45, 7) is 3.76. The second-order valence-corrected chi connectivity index (χ2v) is 4.45. The van der Waals surface area contributed by atoms with E-state index in [1.165, 1.54) is 10.6 Å². The summed E-state index contributed by atoms with van der Waals surface area (Å²) in [4.78, 5) is 23.6. The lowest BCUT2D eigenvalue weighted by atomic mass is 10.2. The van der Waals surface area contributed by atoms with Crippen LogP contribution in [0.25, 0.3) is 0 Å². The van der Waals surface area contributed by atoms with E-state index in [4.69, 9.17) is 0 Å². The van der Waals surface area contributed by atoms with Gasteiger partial charge in [0.15, 0.2) is 0 Å². The van der Waals surface area contributed by atoms with Crippen molar-refractivity contribution in [2.24, 2.45) is 0 Å². The number of aromatic nitrogens is 1. The fraction of sp³-hybridized carbons (Fsp3) is 0.200. The van der Waals surface area contributed by atoms with E-state index in [0.29, 0.717) is 0 Å². The highest BCUT2D eigenvalue weighted by atomic mass is 16.2. The molecule has 0 unspecified atom stereocenters. The van der Waals surface area contributed by atoms with Gasteiger partial charge in [-0.05, 0) is 31.5 Å². The molecule has 2 aromatic rings. The molecule has 2 rings (SSSR count). The molecule has 1 amide bonds. The highest BCUT2D eigenvalue weighted by Gasteiger charge is 2.07. The lowest BCUT2D eigenvalue weighted by molar-refractivity contribution is -0.116. The van der Waals surface area contributed by atoms with Crippen molar-refractivity contribution < 1.29 is 4.79 Å². The number of aryl methyl sites for hydroxylation is 2. The maximum Gasteiger partial charge on any atom is 0.251 e. The molecule has 0 aliphatic carbocycles.